The van der Waals surface area contributed by atoms with E-state index in [1.54, 1.807) is 17.0 Å². The Kier molecular flexibility index (Phi) is 5.91. The number of hydrogen-bond acceptors (Lipinski definition) is 2. The Morgan fingerprint density at radius 3 is 2.71 bits per heavy atom. The van der Waals surface area contributed by atoms with Crippen molar-refractivity contribution in [2.24, 2.45) is 11.7 Å². The van der Waals surface area contributed by atoms with Gasteiger partial charge in [0.2, 0.25) is 5.91 Å². The van der Waals surface area contributed by atoms with E-state index in [4.69, 9.17) is 28.9 Å². The Bertz CT molecular complexity index is 507. The normalized spacial score (nSPS) is 22.7. The van der Waals surface area contributed by atoms with Crippen LogP contribution in [0.1, 0.15) is 37.7 Å². The van der Waals surface area contributed by atoms with Crippen LogP contribution in [0.4, 0.5) is 0 Å². The molecule has 0 saturated heterocycles. The Morgan fingerprint density at radius 1 is 1.29 bits per heavy atom. The molecule has 2 atom stereocenters. The minimum Gasteiger partial charge on any atom is -0.341 e. The molecule has 116 valence electrons. The van der Waals surface area contributed by atoms with E-state index in [1.165, 1.54) is 6.42 Å². The topological polar surface area (TPSA) is 46.3 Å². The van der Waals surface area contributed by atoms with Gasteiger partial charge in [0.05, 0.1) is 5.92 Å². The summed E-state index contributed by atoms with van der Waals surface area (Å²) >= 11 is 12.1. The number of nitrogens with two attached hydrogens (primary N) is 1. The molecular formula is C16H22Cl2N2O. The Hall–Kier alpha value is -0.770. The highest BCUT2D eigenvalue weighted by molar-refractivity contribution is 6.35. The van der Waals surface area contributed by atoms with Crippen LogP contribution in [0.2, 0.25) is 10.0 Å². The largest absolute Gasteiger partial charge is 0.341 e. The fourth-order valence-electron chi connectivity index (χ4n) is 2.91. The van der Waals surface area contributed by atoms with Crippen LogP contribution >= 0.6 is 23.2 Å². The van der Waals surface area contributed by atoms with E-state index in [-0.39, 0.29) is 17.9 Å². The lowest BCUT2D eigenvalue weighted by molar-refractivity contribution is -0.135. The molecule has 0 bridgehead atoms. The maximum absolute atomic E-state index is 12.6. The standard InChI is InChI=1S/C16H22Cl2N2O/c1-20(10-11-7-8-12(17)9-14(11)18)16(21)13-5-3-2-4-6-15(13)19/h7-9,13,15H,2-6,10,19H2,1H3. The van der Waals surface area contributed by atoms with Crippen LogP contribution in [-0.4, -0.2) is 23.9 Å². The summed E-state index contributed by atoms with van der Waals surface area (Å²) in [7, 11) is 1.81. The number of hydrogen-bond donors (Lipinski definition) is 1. The summed E-state index contributed by atoms with van der Waals surface area (Å²) in [4.78, 5) is 14.3. The van der Waals surface area contributed by atoms with Gasteiger partial charge in [-0.15, -0.1) is 0 Å². The van der Waals surface area contributed by atoms with E-state index in [2.05, 4.69) is 0 Å². The highest BCUT2D eigenvalue weighted by Gasteiger charge is 2.29. The fraction of sp³-hybridized carbons (Fsp3) is 0.562. The van der Waals surface area contributed by atoms with E-state index in [1.807, 2.05) is 13.1 Å². The summed E-state index contributed by atoms with van der Waals surface area (Å²) in [6.07, 6.45) is 5.20. The lowest BCUT2D eigenvalue weighted by Gasteiger charge is -2.27. The van der Waals surface area contributed by atoms with Gasteiger partial charge in [0.25, 0.3) is 0 Å². The van der Waals surface area contributed by atoms with Gasteiger partial charge in [0, 0.05) is 29.7 Å². The van der Waals surface area contributed by atoms with Crippen molar-refractivity contribution in [1.82, 2.24) is 4.90 Å². The van der Waals surface area contributed by atoms with Gasteiger partial charge in [0.15, 0.2) is 0 Å². The van der Waals surface area contributed by atoms with Crippen LogP contribution in [0.3, 0.4) is 0 Å². The quantitative estimate of drug-likeness (QED) is 0.856. The third-order valence-electron chi connectivity index (χ3n) is 4.19. The molecule has 2 N–H and O–H groups in total. The molecule has 1 amide bonds. The van der Waals surface area contributed by atoms with E-state index >= 15 is 0 Å². The van der Waals surface area contributed by atoms with E-state index in [0.29, 0.717) is 16.6 Å². The Labute approximate surface area is 136 Å². The lowest BCUT2D eigenvalue weighted by Crippen LogP contribution is -2.42. The molecule has 2 rings (SSSR count). The molecule has 2 unspecified atom stereocenters. The van der Waals surface area contributed by atoms with E-state index in [0.717, 1.165) is 31.2 Å². The summed E-state index contributed by atoms with van der Waals surface area (Å²) in [5.41, 5.74) is 7.07. The molecule has 5 heteroatoms. The second-order valence-corrected chi connectivity index (χ2v) is 6.68. The molecule has 1 aromatic rings. The summed E-state index contributed by atoms with van der Waals surface area (Å²) in [5, 5.41) is 1.19. The van der Waals surface area contributed by atoms with Crippen molar-refractivity contribution in [3.8, 4) is 0 Å². The highest BCUT2D eigenvalue weighted by Crippen LogP contribution is 2.26. The monoisotopic (exact) mass is 328 g/mol. The summed E-state index contributed by atoms with van der Waals surface area (Å²) < 4.78 is 0. The van der Waals surface area contributed by atoms with Crippen LogP contribution in [0, 0.1) is 5.92 Å². The molecule has 0 aromatic heterocycles. The number of carbonyl (C=O) groups is 1. The van der Waals surface area contributed by atoms with Gasteiger partial charge in [-0.05, 0) is 30.5 Å². The van der Waals surface area contributed by atoms with Crippen LogP contribution in [0.5, 0.6) is 0 Å². The Balaban J connectivity index is 2.04. The van der Waals surface area contributed by atoms with Gasteiger partial charge in [0.1, 0.15) is 0 Å². The third kappa shape index (κ3) is 4.35. The molecule has 3 nitrogen and oxygen atoms in total. The second-order valence-electron chi connectivity index (χ2n) is 5.84. The van der Waals surface area contributed by atoms with Crippen LogP contribution in [-0.2, 0) is 11.3 Å². The summed E-state index contributed by atoms with van der Waals surface area (Å²) in [6.45, 7) is 0.484. The van der Waals surface area contributed by atoms with Crippen molar-refractivity contribution >= 4 is 29.1 Å². The number of halogens is 2. The maximum Gasteiger partial charge on any atom is 0.227 e. The van der Waals surface area contributed by atoms with E-state index in [9.17, 15) is 4.79 Å². The van der Waals surface area contributed by atoms with Crippen LogP contribution < -0.4 is 5.73 Å². The predicted molar refractivity (Wildman–Crippen MR) is 87.5 cm³/mol. The van der Waals surface area contributed by atoms with Crippen molar-refractivity contribution in [3.05, 3.63) is 33.8 Å². The SMILES string of the molecule is CN(Cc1ccc(Cl)cc1Cl)C(=O)C1CCCCCC1N. The molecule has 1 aromatic carbocycles. The molecule has 1 fully saturated rings. The zero-order valence-corrected chi connectivity index (χ0v) is 13.8. The number of rotatable bonds is 3. The molecule has 0 aliphatic heterocycles. The lowest BCUT2D eigenvalue weighted by atomic mass is 9.94. The minimum atomic E-state index is -0.0661. The predicted octanol–water partition coefficient (Wildman–Crippen LogP) is 3.86. The van der Waals surface area contributed by atoms with Crippen molar-refractivity contribution in [3.63, 3.8) is 0 Å². The summed E-state index contributed by atoms with van der Waals surface area (Å²) in [6, 6.07) is 5.33. The Morgan fingerprint density at radius 2 is 2.00 bits per heavy atom. The second kappa shape index (κ2) is 7.48. The van der Waals surface area contributed by atoms with Gasteiger partial charge in [-0.2, -0.15) is 0 Å². The van der Waals surface area contributed by atoms with Gasteiger partial charge in [-0.3, -0.25) is 4.79 Å². The van der Waals surface area contributed by atoms with Gasteiger partial charge in [-0.1, -0.05) is 48.5 Å². The molecule has 1 saturated carbocycles. The molecular weight excluding hydrogens is 307 g/mol. The molecule has 1 aliphatic carbocycles. The first-order valence-electron chi connectivity index (χ1n) is 7.43. The molecule has 0 heterocycles. The van der Waals surface area contributed by atoms with Crippen molar-refractivity contribution in [2.75, 3.05) is 7.05 Å². The van der Waals surface area contributed by atoms with Gasteiger partial charge in [-0.25, -0.2) is 0 Å². The van der Waals surface area contributed by atoms with Crippen molar-refractivity contribution in [1.29, 1.82) is 0 Å². The number of benzene rings is 1. The first-order valence-corrected chi connectivity index (χ1v) is 8.19. The van der Waals surface area contributed by atoms with Crippen molar-refractivity contribution in [2.45, 2.75) is 44.7 Å². The minimum absolute atomic E-state index is 0.0249. The molecule has 0 spiro atoms. The van der Waals surface area contributed by atoms with Crippen LogP contribution in [0.25, 0.3) is 0 Å². The molecule has 21 heavy (non-hydrogen) atoms. The van der Waals surface area contributed by atoms with Gasteiger partial charge < -0.3 is 10.6 Å². The average molecular weight is 329 g/mol. The smallest absolute Gasteiger partial charge is 0.227 e. The van der Waals surface area contributed by atoms with Crippen LogP contribution in [0.15, 0.2) is 18.2 Å². The average Bonchev–Trinajstić information content (AvgIpc) is 2.65. The first-order chi connectivity index (χ1) is 9.99. The third-order valence-corrected chi connectivity index (χ3v) is 4.77. The highest BCUT2D eigenvalue weighted by atomic mass is 35.5. The van der Waals surface area contributed by atoms with E-state index < -0.39 is 0 Å². The zero-order valence-electron chi connectivity index (χ0n) is 12.3. The number of amides is 1. The molecule has 0 radical (unpaired) electrons. The maximum atomic E-state index is 12.6. The summed E-state index contributed by atoms with van der Waals surface area (Å²) in [5.74, 6) is 0.0546. The molecule has 1 aliphatic rings. The zero-order chi connectivity index (χ0) is 15.4. The van der Waals surface area contributed by atoms with Gasteiger partial charge >= 0.3 is 0 Å². The first kappa shape index (κ1) is 16.6. The number of carbonyl (C=O) groups excluding carboxylic acids is 1. The number of nitrogens with zero attached hydrogens (tertiary/aromatic N) is 1. The van der Waals surface area contributed by atoms with Crippen molar-refractivity contribution < 1.29 is 4.79 Å². The fourth-order valence-corrected chi connectivity index (χ4v) is 3.38.